The largest absolute Gasteiger partial charge is 0.480 e. The number of carboxylic acids is 1. The minimum absolute atomic E-state index is 0.0230. The van der Waals surface area contributed by atoms with E-state index in [9.17, 15) is 13.6 Å². The van der Waals surface area contributed by atoms with Crippen molar-refractivity contribution < 1.29 is 18.7 Å². The summed E-state index contributed by atoms with van der Waals surface area (Å²) in [6.07, 6.45) is -0.165. The molecule has 1 aromatic heterocycles. The molecule has 3 unspecified atom stereocenters. The van der Waals surface area contributed by atoms with Gasteiger partial charge in [0.1, 0.15) is 6.17 Å². The van der Waals surface area contributed by atoms with E-state index < -0.39 is 24.0 Å². The van der Waals surface area contributed by atoms with E-state index in [0.29, 0.717) is 0 Å². The van der Waals surface area contributed by atoms with Gasteiger partial charge in [0.15, 0.2) is 11.8 Å². The number of carbonyl (C=O) groups is 1. The fourth-order valence-corrected chi connectivity index (χ4v) is 1.72. The van der Waals surface area contributed by atoms with E-state index in [1.54, 1.807) is 12.1 Å². The van der Waals surface area contributed by atoms with E-state index >= 15 is 0 Å². The molecule has 3 atom stereocenters. The molecule has 1 aliphatic carbocycles. The summed E-state index contributed by atoms with van der Waals surface area (Å²) in [6.45, 7) is 0. The third-order valence-electron chi connectivity index (χ3n) is 2.87. The number of pyridine rings is 1. The normalized spacial score (nSPS) is 29.4. The lowest BCUT2D eigenvalue weighted by Gasteiger charge is -2.39. The fraction of sp³-hybridized carbons (Fsp3) is 0.455. The fourth-order valence-electron chi connectivity index (χ4n) is 1.72. The lowest BCUT2D eigenvalue weighted by atomic mass is 9.86. The van der Waals surface area contributed by atoms with Crippen LogP contribution in [-0.4, -0.2) is 28.0 Å². The van der Waals surface area contributed by atoms with Gasteiger partial charge >= 0.3 is 5.97 Å². The topological polar surface area (TPSA) is 62.2 Å². The SMILES string of the molecule is O=C(O)C(NC1(F)CCC1F)c1ccccn1. The van der Waals surface area contributed by atoms with Crippen molar-refractivity contribution in [2.75, 3.05) is 0 Å². The van der Waals surface area contributed by atoms with Gasteiger partial charge < -0.3 is 5.11 Å². The van der Waals surface area contributed by atoms with Crippen LogP contribution in [0.4, 0.5) is 8.78 Å². The van der Waals surface area contributed by atoms with Gasteiger partial charge in [0, 0.05) is 12.6 Å². The molecule has 1 saturated carbocycles. The number of carboxylic acid groups (broad SMARTS) is 1. The van der Waals surface area contributed by atoms with Crippen LogP contribution in [0, 0.1) is 0 Å². The lowest BCUT2D eigenvalue weighted by Crippen LogP contribution is -2.58. The summed E-state index contributed by atoms with van der Waals surface area (Å²) in [7, 11) is 0. The number of hydrogen-bond donors (Lipinski definition) is 2. The molecule has 4 nitrogen and oxygen atoms in total. The van der Waals surface area contributed by atoms with E-state index in [4.69, 9.17) is 5.11 Å². The molecule has 0 saturated heterocycles. The van der Waals surface area contributed by atoms with Crippen LogP contribution in [0.1, 0.15) is 24.6 Å². The lowest BCUT2D eigenvalue weighted by molar-refractivity contribution is -0.145. The maximum Gasteiger partial charge on any atom is 0.327 e. The number of halogens is 2. The van der Waals surface area contributed by atoms with Crippen molar-refractivity contribution in [2.45, 2.75) is 30.8 Å². The summed E-state index contributed by atoms with van der Waals surface area (Å²) in [5.74, 6) is -3.53. The van der Waals surface area contributed by atoms with Crippen molar-refractivity contribution in [2.24, 2.45) is 0 Å². The Kier molecular flexibility index (Phi) is 3.06. The van der Waals surface area contributed by atoms with Crippen LogP contribution in [0.2, 0.25) is 0 Å². The molecule has 1 fully saturated rings. The Labute approximate surface area is 96.7 Å². The van der Waals surface area contributed by atoms with Gasteiger partial charge in [-0.3, -0.25) is 15.1 Å². The molecule has 0 spiro atoms. The van der Waals surface area contributed by atoms with Crippen molar-refractivity contribution >= 4 is 5.97 Å². The number of nitrogens with zero attached hydrogens (tertiary/aromatic N) is 1. The van der Waals surface area contributed by atoms with E-state index in [1.807, 2.05) is 0 Å². The Morgan fingerprint density at radius 1 is 1.65 bits per heavy atom. The van der Waals surface area contributed by atoms with Crippen molar-refractivity contribution in [3.63, 3.8) is 0 Å². The Bertz CT molecular complexity index is 415. The zero-order valence-corrected chi connectivity index (χ0v) is 8.94. The van der Waals surface area contributed by atoms with Gasteiger partial charge in [0.2, 0.25) is 0 Å². The Hall–Kier alpha value is -1.56. The minimum Gasteiger partial charge on any atom is -0.480 e. The molecule has 2 N–H and O–H groups in total. The molecule has 0 aliphatic heterocycles. The predicted octanol–water partition coefficient (Wildman–Crippen LogP) is 1.59. The van der Waals surface area contributed by atoms with Crippen LogP contribution < -0.4 is 5.32 Å². The number of alkyl halides is 2. The second kappa shape index (κ2) is 4.37. The summed E-state index contributed by atoms with van der Waals surface area (Å²) in [5, 5.41) is 11.2. The monoisotopic (exact) mass is 242 g/mol. The summed E-state index contributed by atoms with van der Waals surface area (Å²) >= 11 is 0. The number of aromatic nitrogens is 1. The summed E-state index contributed by atoms with van der Waals surface area (Å²) in [6, 6.07) is 3.34. The molecular weight excluding hydrogens is 230 g/mol. The van der Waals surface area contributed by atoms with Crippen LogP contribution >= 0.6 is 0 Å². The van der Waals surface area contributed by atoms with E-state index in [0.717, 1.165) is 0 Å². The van der Waals surface area contributed by atoms with Gasteiger partial charge in [0.25, 0.3) is 0 Å². The van der Waals surface area contributed by atoms with E-state index in [1.165, 1.54) is 12.3 Å². The molecule has 1 aliphatic rings. The summed E-state index contributed by atoms with van der Waals surface area (Å²) < 4.78 is 26.9. The second-order valence-corrected chi connectivity index (χ2v) is 4.04. The average Bonchev–Trinajstić information content (AvgIpc) is 2.34. The first-order valence-corrected chi connectivity index (χ1v) is 5.27. The molecule has 0 amide bonds. The molecular formula is C11H12F2N2O2. The highest BCUT2D eigenvalue weighted by atomic mass is 19.2. The van der Waals surface area contributed by atoms with Crippen molar-refractivity contribution in [3.05, 3.63) is 30.1 Å². The van der Waals surface area contributed by atoms with E-state index in [2.05, 4.69) is 10.3 Å². The number of hydrogen-bond acceptors (Lipinski definition) is 3. The third-order valence-corrected chi connectivity index (χ3v) is 2.87. The molecule has 17 heavy (non-hydrogen) atoms. The zero-order chi connectivity index (χ0) is 12.5. The first-order chi connectivity index (χ1) is 8.03. The smallest absolute Gasteiger partial charge is 0.327 e. The highest BCUT2D eigenvalue weighted by Gasteiger charge is 2.50. The van der Waals surface area contributed by atoms with Gasteiger partial charge in [-0.2, -0.15) is 0 Å². The van der Waals surface area contributed by atoms with Gasteiger partial charge in [-0.1, -0.05) is 6.07 Å². The Morgan fingerprint density at radius 3 is 2.82 bits per heavy atom. The third kappa shape index (κ3) is 2.26. The van der Waals surface area contributed by atoms with Crippen LogP contribution in [0.25, 0.3) is 0 Å². The van der Waals surface area contributed by atoms with Gasteiger partial charge in [-0.15, -0.1) is 0 Å². The van der Waals surface area contributed by atoms with Crippen LogP contribution in [-0.2, 0) is 4.79 Å². The van der Waals surface area contributed by atoms with E-state index in [-0.39, 0.29) is 18.5 Å². The maximum atomic E-state index is 13.8. The first kappa shape index (κ1) is 11.9. The molecule has 1 heterocycles. The van der Waals surface area contributed by atoms with Gasteiger partial charge in [-0.25, -0.2) is 8.78 Å². The van der Waals surface area contributed by atoms with Crippen LogP contribution in [0.5, 0.6) is 0 Å². The Balaban J connectivity index is 2.17. The van der Waals surface area contributed by atoms with Crippen LogP contribution in [0.3, 0.4) is 0 Å². The highest BCUT2D eigenvalue weighted by molar-refractivity contribution is 5.75. The molecule has 0 bridgehead atoms. The maximum absolute atomic E-state index is 13.8. The Morgan fingerprint density at radius 2 is 2.41 bits per heavy atom. The molecule has 1 aromatic rings. The van der Waals surface area contributed by atoms with Crippen molar-refractivity contribution in [3.8, 4) is 0 Å². The minimum atomic E-state index is -2.25. The molecule has 92 valence electrons. The van der Waals surface area contributed by atoms with Gasteiger partial charge in [0.05, 0.1) is 5.69 Å². The number of aliphatic carboxylic acids is 1. The number of rotatable bonds is 4. The first-order valence-electron chi connectivity index (χ1n) is 5.27. The quantitative estimate of drug-likeness (QED) is 0.787. The summed E-state index contributed by atoms with van der Waals surface area (Å²) in [4.78, 5) is 14.9. The predicted molar refractivity (Wildman–Crippen MR) is 55.7 cm³/mol. The standard InChI is InChI=1S/C11H12F2N2O2/c12-8-4-5-11(8,13)15-9(10(16)17)7-3-1-2-6-14-7/h1-3,6,8-9,15H,4-5H2,(H,16,17). The van der Waals surface area contributed by atoms with Gasteiger partial charge in [-0.05, 0) is 18.6 Å². The molecule has 0 radical (unpaired) electrons. The summed E-state index contributed by atoms with van der Waals surface area (Å²) in [5.41, 5.74) is 0.163. The molecule has 0 aromatic carbocycles. The average molecular weight is 242 g/mol. The molecule has 6 heteroatoms. The van der Waals surface area contributed by atoms with Crippen molar-refractivity contribution in [1.82, 2.24) is 10.3 Å². The van der Waals surface area contributed by atoms with Crippen LogP contribution in [0.15, 0.2) is 24.4 Å². The second-order valence-electron chi connectivity index (χ2n) is 4.04. The number of nitrogens with one attached hydrogen (secondary N) is 1. The van der Waals surface area contributed by atoms with Crippen molar-refractivity contribution in [1.29, 1.82) is 0 Å². The highest BCUT2D eigenvalue weighted by Crippen LogP contribution is 2.38. The molecule has 2 rings (SSSR count). The zero-order valence-electron chi connectivity index (χ0n) is 8.94.